The molecule has 0 aromatic rings. The summed E-state index contributed by atoms with van der Waals surface area (Å²) in [5.74, 6) is -2.50. The topological polar surface area (TPSA) is 163 Å². The van der Waals surface area contributed by atoms with Crippen molar-refractivity contribution < 1.29 is 24.0 Å². The summed E-state index contributed by atoms with van der Waals surface area (Å²) in [6.45, 7) is 19.1. The summed E-state index contributed by atoms with van der Waals surface area (Å²) < 4.78 is 0. The van der Waals surface area contributed by atoms with Crippen LogP contribution < -0.4 is 27.0 Å². The minimum Gasteiger partial charge on any atom is -0.363 e. The van der Waals surface area contributed by atoms with Gasteiger partial charge in [-0.25, -0.2) is 4.79 Å². The van der Waals surface area contributed by atoms with Crippen molar-refractivity contribution in [2.24, 2.45) is 22.5 Å². The lowest BCUT2D eigenvalue weighted by Crippen LogP contribution is -2.62. The molecular formula is C31H56N6O5S. The number of nitrogens with zero attached hydrogens (tertiary/aromatic N) is 1. The molecule has 0 radical (unpaired) electrons. The summed E-state index contributed by atoms with van der Waals surface area (Å²) in [5.41, 5.74) is 4.30. The number of nitrogens with two attached hydrogens (primary N) is 1. The van der Waals surface area contributed by atoms with Crippen LogP contribution in [0.4, 0.5) is 4.79 Å². The van der Waals surface area contributed by atoms with Crippen LogP contribution in [0, 0.1) is 16.7 Å². The maximum absolute atomic E-state index is 14.1. The van der Waals surface area contributed by atoms with Crippen molar-refractivity contribution in [3.05, 3.63) is 12.7 Å². The summed E-state index contributed by atoms with van der Waals surface area (Å²) in [6.07, 6.45) is 5.72. The van der Waals surface area contributed by atoms with Crippen molar-refractivity contribution in [2.45, 2.75) is 111 Å². The fraction of sp³-hybridized carbons (Fsp3) is 0.774. The van der Waals surface area contributed by atoms with E-state index in [9.17, 15) is 24.0 Å². The Balaban J connectivity index is 3.16. The molecule has 1 rings (SSSR count). The highest BCUT2D eigenvalue weighted by Gasteiger charge is 2.46. The van der Waals surface area contributed by atoms with Gasteiger partial charge >= 0.3 is 6.03 Å². The molecule has 11 nitrogen and oxygen atoms in total. The number of urea groups is 1. The first-order valence-electron chi connectivity index (χ1n) is 15.4. The Kier molecular flexibility index (Phi) is 15.8. The highest BCUT2D eigenvalue weighted by molar-refractivity contribution is 7.80. The number of rotatable bonds is 17. The Morgan fingerprint density at radius 2 is 1.65 bits per heavy atom. The molecule has 1 unspecified atom stereocenters. The van der Waals surface area contributed by atoms with Gasteiger partial charge in [0, 0.05) is 25.0 Å². The van der Waals surface area contributed by atoms with E-state index in [1.807, 2.05) is 48.5 Å². The molecule has 0 spiro atoms. The van der Waals surface area contributed by atoms with Crippen LogP contribution in [0.25, 0.3) is 0 Å². The van der Waals surface area contributed by atoms with Gasteiger partial charge in [0.1, 0.15) is 12.1 Å². The molecule has 0 aromatic heterocycles. The van der Waals surface area contributed by atoms with E-state index in [4.69, 9.17) is 5.73 Å². The molecular weight excluding hydrogens is 568 g/mol. The fourth-order valence-corrected chi connectivity index (χ4v) is 5.30. The summed E-state index contributed by atoms with van der Waals surface area (Å²) in [5, 5.41) is 12.0. The minimum atomic E-state index is -1.12. The molecule has 1 aliphatic heterocycles. The highest BCUT2D eigenvalue weighted by Crippen LogP contribution is 2.30. The van der Waals surface area contributed by atoms with E-state index in [1.54, 1.807) is 6.08 Å². The normalized spacial score (nSPS) is 19.2. The van der Waals surface area contributed by atoms with E-state index in [0.29, 0.717) is 19.4 Å². The molecule has 1 aliphatic rings. The van der Waals surface area contributed by atoms with Crippen LogP contribution in [-0.2, 0) is 19.2 Å². The van der Waals surface area contributed by atoms with Crippen molar-refractivity contribution in [3.63, 3.8) is 0 Å². The average molecular weight is 625 g/mol. The van der Waals surface area contributed by atoms with Crippen LogP contribution >= 0.6 is 12.6 Å². The summed E-state index contributed by atoms with van der Waals surface area (Å²) in [6, 6.07) is -3.65. The molecule has 5 atom stereocenters. The number of nitrogens with one attached hydrogen (secondary N) is 4. The standard InChI is InChI=1S/C31H56N6O5S/c1-9-11-14-21(24(38)26(32)39)34-27(40)23-20(10-2)15-17-37(23)28(41)25(31(6,7)8)36-29(42)35-22(30(3,4)5)19-33-16-12-13-18-43/h10,20-23,25,33,43H,2,9,11-19H2,1,3-8H3,(H2,32,39)(H,34,40)(H2,35,36,42)/t20-,21?,22+,23-,25+/m0/s1. The maximum atomic E-state index is 14.1. The molecule has 0 saturated carbocycles. The first-order chi connectivity index (χ1) is 20.0. The predicted octanol–water partition coefficient (Wildman–Crippen LogP) is 2.55. The second-order valence-electron chi connectivity index (χ2n) is 13.6. The van der Waals surface area contributed by atoms with Crippen LogP contribution in [0.3, 0.4) is 0 Å². The molecule has 246 valence electrons. The third kappa shape index (κ3) is 12.1. The Labute approximate surface area is 263 Å². The molecule has 43 heavy (non-hydrogen) atoms. The number of hydrogen-bond donors (Lipinski definition) is 6. The van der Waals surface area contributed by atoms with Gasteiger partial charge in [0.25, 0.3) is 5.91 Å². The molecule has 0 aliphatic carbocycles. The number of hydrogen-bond acceptors (Lipinski definition) is 7. The summed E-state index contributed by atoms with van der Waals surface area (Å²) in [7, 11) is 0. The van der Waals surface area contributed by atoms with Crippen molar-refractivity contribution in [2.75, 3.05) is 25.4 Å². The number of carbonyl (C=O) groups is 5. The lowest BCUT2D eigenvalue weighted by Gasteiger charge is -2.37. The van der Waals surface area contributed by atoms with Gasteiger partial charge in [0.15, 0.2) is 0 Å². The van der Waals surface area contributed by atoms with Crippen molar-refractivity contribution >= 4 is 42.2 Å². The van der Waals surface area contributed by atoms with E-state index in [0.717, 1.165) is 31.6 Å². The molecule has 0 aromatic carbocycles. The summed E-state index contributed by atoms with van der Waals surface area (Å²) >= 11 is 4.25. The van der Waals surface area contributed by atoms with Gasteiger partial charge in [-0.1, -0.05) is 67.4 Å². The zero-order chi connectivity index (χ0) is 33.0. The predicted molar refractivity (Wildman–Crippen MR) is 174 cm³/mol. The van der Waals surface area contributed by atoms with Gasteiger partial charge in [-0.3, -0.25) is 19.2 Å². The van der Waals surface area contributed by atoms with Gasteiger partial charge in [-0.05, 0) is 48.8 Å². The van der Waals surface area contributed by atoms with Crippen molar-refractivity contribution in [1.29, 1.82) is 0 Å². The molecule has 1 heterocycles. The maximum Gasteiger partial charge on any atom is 0.315 e. The lowest BCUT2D eigenvalue weighted by atomic mass is 9.85. The van der Waals surface area contributed by atoms with E-state index in [1.165, 1.54) is 4.90 Å². The Morgan fingerprint density at radius 3 is 2.16 bits per heavy atom. The quantitative estimate of drug-likeness (QED) is 0.0631. The van der Waals surface area contributed by atoms with Gasteiger partial charge in [-0.2, -0.15) is 12.6 Å². The third-order valence-corrected chi connectivity index (χ3v) is 8.19. The number of Topliss-reactive ketones (excluding diaryl/α,β-unsaturated/α-hetero) is 1. The smallest absolute Gasteiger partial charge is 0.315 e. The largest absolute Gasteiger partial charge is 0.363 e. The van der Waals surface area contributed by atoms with Gasteiger partial charge < -0.3 is 31.9 Å². The number of likely N-dealkylation sites (tertiary alicyclic amines) is 1. The van der Waals surface area contributed by atoms with E-state index in [2.05, 4.69) is 40.5 Å². The van der Waals surface area contributed by atoms with E-state index in [-0.39, 0.29) is 30.3 Å². The molecule has 1 fully saturated rings. The first kappa shape index (κ1) is 38.4. The zero-order valence-corrected chi connectivity index (χ0v) is 28.1. The number of carbonyl (C=O) groups excluding carboxylic acids is 5. The molecule has 12 heteroatoms. The van der Waals surface area contributed by atoms with E-state index < -0.39 is 53.1 Å². The highest BCUT2D eigenvalue weighted by atomic mass is 32.1. The third-order valence-electron chi connectivity index (χ3n) is 7.87. The number of ketones is 1. The van der Waals surface area contributed by atoms with E-state index >= 15 is 0 Å². The van der Waals surface area contributed by atoms with Gasteiger partial charge in [-0.15, -0.1) is 6.58 Å². The number of thiol groups is 1. The Bertz CT molecular complexity index is 977. The van der Waals surface area contributed by atoms with Crippen LogP contribution in [0.15, 0.2) is 12.7 Å². The monoisotopic (exact) mass is 624 g/mol. The Hall–Kier alpha value is -2.60. The van der Waals surface area contributed by atoms with Crippen molar-refractivity contribution in [3.8, 4) is 0 Å². The second-order valence-corrected chi connectivity index (χ2v) is 14.0. The fourth-order valence-electron chi connectivity index (χ4n) is 5.08. The number of unbranched alkanes of at least 4 members (excludes halogenated alkanes) is 2. The zero-order valence-electron chi connectivity index (χ0n) is 27.3. The van der Waals surface area contributed by atoms with Crippen LogP contribution in [0.5, 0.6) is 0 Å². The SMILES string of the molecule is C=C[C@H]1CCN(C(=O)[C@@H](NC(=O)N[C@H](CNCCCCS)C(C)(C)C)C(C)(C)C)[C@@H]1C(=O)NC(CCCC)C(=O)C(N)=O. The molecule has 1 saturated heterocycles. The number of primary amides is 1. The lowest BCUT2D eigenvalue weighted by molar-refractivity contribution is -0.144. The molecule has 5 amide bonds. The Morgan fingerprint density at radius 1 is 1.00 bits per heavy atom. The molecule has 0 bridgehead atoms. The first-order valence-corrected chi connectivity index (χ1v) is 16.1. The summed E-state index contributed by atoms with van der Waals surface area (Å²) in [4.78, 5) is 66.5. The van der Waals surface area contributed by atoms with Gasteiger partial charge in [0.2, 0.25) is 17.6 Å². The second kappa shape index (κ2) is 17.6. The van der Waals surface area contributed by atoms with Crippen LogP contribution in [0.2, 0.25) is 0 Å². The average Bonchev–Trinajstić information content (AvgIpc) is 3.35. The van der Waals surface area contributed by atoms with Crippen LogP contribution in [-0.4, -0.2) is 84.0 Å². The molecule has 6 N–H and O–H groups in total. The van der Waals surface area contributed by atoms with Gasteiger partial charge in [0.05, 0.1) is 6.04 Å². The van der Waals surface area contributed by atoms with Crippen molar-refractivity contribution in [1.82, 2.24) is 26.2 Å². The number of amides is 5. The van der Waals surface area contributed by atoms with Crippen LogP contribution in [0.1, 0.15) is 87.0 Å². The minimum absolute atomic E-state index is 0.211.